The number of rotatable bonds is 5. The molecule has 0 aromatic heterocycles. The Morgan fingerprint density at radius 1 is 1.08 bits per heavy atom. The first-order valence-electron chi connectivity index (χ1n) is 7.77. The van der Waals surface area contributed by atoms with E-state index in [1.807, 2.05) is 18.2 Å². The number of carbonyl (C=O) groups is 1. The molecule has 0 heterocycles. The lowest BCUT2D eigenvalue weighted by Gasteiger charge is -2.09. The second-order valence-electron chi connectivity index (χ2n) is 5.54. The fraction of sp³-hybridized carbons (Fsp3) is 0.150. The van der Waals surface area contributed by atoms with E-state index >= 15 is 0 Å². The van der Waals surface area contributed by atoms with Crippen molar-refractivity contribution < 1.29 is 9.53 Å². The van der Waals surface area contributed by atoms with Crippen molar-refractivity contribution in [1.82, 2.24) is 0 Å². The normalized spacial score (nSPS) is 10.6. The average molecular weight is 340 g/mol. The number of hydrogen-bond acceptors (Lipinski definition) is 2. The SMILES string of the molecule is COc1ccc(NC(=O)CCc2cccc3ccccc23)cc1Cl. The van der Waals surface area contributed by atoms with Gasteiger partial charge in [-0.2, -0.15) is 0 Å². The highest BCUT2D eigenvalue weighted by molar-refractivity contribution is 6.32. The van der Waals surface area contributed by atoms with E-state index in [4.69, 9.17) is 16.3 Å². The Morgan fingerprint density at radius 3 is 2.67 bits per heavy atom. The van der Waals surface area contributed by atoms with Crippen LogP contribution in [0.3, 0.4) is 0 Å². The van der Waals surface area contributed by atoms with Crippen molar-refractivity contribution >= 4 is 34.0 Å². The van der Waals surface area contributed by atoms with E-state index in [0.717, 1.165) is 0 Å². The summed E-state index contributed by atoms with van der Waals surface area (Å²) in [6.45, 7) is 0. The molecule has 0 unspecified atom stereocenters. The van der Waals surface area contributed by atoms with Crippen molar-refractivity contribution in [2.45, 2.75) is 12.8 Å². The molecule has 3 aromatic carbocycles. The van der Waals surface area contributed by atoms with Crippen molar-refractivity contribution in [2.75, 3.05) is 12.4 Å². The van der Waals surface area contributed by atoms with E-state index in [1.54, 1.807) is 25.3 Å². The first kappa shape index (κ1) is 16.3. The molecule has 0 saturated carbocycles. The lowest BCUT2D eigenvalue weighted by Crippen LogP contribution is -2.12. The summed E-state index contributed by atoms with van der Waals surface area (Å²) in [6, 6.07) is 19.6. The van der Waals surface area contributed by atoms with Crippen molar-refractivity contribution in [3.8, 4) is 5.75 Å². The van der Waals surface area contributed by atoms with Gasteiger partial charge in [0.25, 0.3) is 0 Å². The minimum Gasteiger partial charge on any atom is -0.495 e. The van der Waals surface area contributed by atoms with E-state index in [1.165, 1.54) is 16.3 Å². The molecule has 0 radical (unpaired) electrons. The molecular weight excluding hydrogens is 322 g/mol. The van der Waals surface area contributed by atoms with E-state index in [9.17, 15) is 4.79 Å². The number of methoxy groups -OCH3 is 1. The molecule has 0 aliphatic carbocycles. The van der Waals surface area contributed by atoms with Gasteiger partial charge >= 0.3 is 0 Å². The van der Waals surface area contributed by atoms with Crippen LogP contribution in [-0.4, -0.2) is 13.0 Å². The summed E-state index contributed by atoms with van der Waals surface area (Å²) in [5, 5.41) is 5.74. The molecule has 0 fully saturated rings. The van der Waals surface area contributed by atoms with Crippen molar-refractivity contribution in [2.24, 2.45) is 0 Å². The quantitative estimate of drug-likeness (QED) is 0.704. The molecule has 0 spiro atoms. The van der Waals surface area contributed by atoms with Crippen LogP contribution in [0.4, 0.5) is 5.69 Å². The van der Waals surface area contributed by atoms with Gasteiger partial charge in [-0.3, -0.25) is 4.79 Å². The maximum atomic E-state index is 12.2. The number of aryl methyl sites for hydroxylation is 1. The van der Waals surface area contributed by atoms with Crippen LogP contribution in [0.25, 0.3) is 10.8 Å². The Labute approximate surface area is 146 Å². The van der Waals surface area contributed by atoms with Crippen LogP contribution in [-0.2, 0) is 11.2 Å². The third-order valence-electron chi connectivity index (χ3n) is 3.94. The van der Waals surface area contributed by atoms with Crippen molar-refractivity contribution in [1.29, 1.82) is 0 Å². The van der Waals surface area contributed by atoms with Gasteiger partial charge in [0.1, 0.15) is 5.75 Å². The topological polar surface area (TPSA) is 38.3 Å². The zero-order chi connectivity index (χ0) is 16.9. The van der Waals surface area contributed by atoms with E-state index in [0.29, 0.717) is 29.3 Å². The largest absolute Gasteiger partial charge is 0.495 e. The molecule has 0 aliphatic heterocycles. The number of ether oxygens (including phenoxy) is 1. The first-order chi connectivity index (χ1) is 11.7. The van der Waals surface area contributed by atoms with E-state index < -0.39 is 0 Å². The predicted molar refractivity (Wildman–Crippen MR) is 98.9 cm³/mol. The summed E-state index contributed by atoms with van der Waals surface area (Å²) >= 11 is 6.07. The van der Waals surface area contributed by atoms with Crippen LogP contribution in [0.5, 0.6) is 5.75 Å². The fourth-order valence-electron chi connectivity index (χ4n) is 2.73. The highest BCUT2D eigenvalue weighted by atomic mass is 35.5. The second kappa shape index (κ2) is 7.37. The third-order valence-corrected chi connectivity index (χ3v) is 4.23. The number of carbonyl (C=O) groups excluding carboxylic acids is 1. The minimum absolute atomic E-state index is 0.0378. The highest BCUT2D eigenvalue weighted by Gasteiger charge is 2.07. The van der Waals surface area contributed by atoms with Gasteiger partial charge in [-0.15, -0.1) is 0 Å². The summed E-state index contributed by atoms with van der Waals surface area (Å²) in [7, 11) is 1.56. The van der Waals surface area contributed by atoms with Gasteiger partial charge in [-0.25, -0.2) is 0 Å². The number of anilines is 1. The number of amides is 1. The summed E-state index contributed by atoms with van der Waals surface area (Å²) in [5.41, 5.74) is 1.85. The van der Waals surface area contributed by atoms with Crippen LogP contribution >= 0.6 is 11.6 Å². The molecule has 3 rings (SSSR count). The Morgan fingerprint density at radius 2 is 1.88 bits per heavy atom. The lowest BCUT2D eigenvalue weighted by molar-refractivity contribution is -0.116. The van der Waals surface area contributed by atoms with E-state index in [2.05, 4.69) is 29.6 Å². The van der Waals surface area contributed by atoms with Crippen LogP contribution in [0, 0.1) is 0 Å². The number of fused-ring (bicyclic) bond motifs is 1. The maximum Gasteiger partial charge on any atom is 0.224 e. The fourth-order valence-corrected chi connectivity index (χ4v) is 2.98. The van der Waals surface area contributed by atoms with Crippen LogP contribution in [0.1, 0.15) is 12.0 Å². The minimum atomic E-state index is -0.0378. The van der Waals surface area contributed by atoms with Crippen molar-refractivity contribution in [3.05, 3.63) is 71.2 Å². The van der Waals surface area contributed by atoms with Crippen LogP contribution < -0.4 is 10.1 Å². The zero-order valence-electron chi connectivity index (χ0n) is 13.4. The molecule has 0 aliphatic rings. The average Bonchev–Trinajstić information content (AvgIpc) is 2.60. The smallest absolute Gasteiger partial charge is 0.224 e. The van der Waals surface area contributed by atoms with Gasteiger partial charge < -0.3 is 10.1 Å². The molecule has 3 nitrogen and oxygen atoms in total. The molecule has 0 saturated heterocycles. The monoisotopic (exact) mass is 339 g/mol. The summed E-state index contributed by atoms with van der Waals surface area (Å²) in [4.78, 5) is 12.2. The molecule has 0 atom stereocenters. The Bertz CT molecular complexity index is 871. The Hall–Kier alpha value is -2.52. The predicted octanol–water partition coefficient (Wildman–Crippen LogP) is 5.07. The Kier molecular flexibility index (Phi) is 5.02. The van der Waals surface area contributed by atoms with Gasteiger partial charge in [0, 0.05) is 12.1 Å². The standard InChI is InChI=1S/C20H18ClNO2/c1-24-19-11-10-16(13-18(19)21)22-20(23)12-9-15-7-4-6-14-5-2-3-8-17(14)15/h2-8,10-11,13H,9,12H2,1H3,(H,22,23). The highest BCUT2D eigenvalue weighted by Crippen LogP contribution is 2.27. The summed E-state index contributed by atoms with van der Waals surface area (Å²) in [6.07, 6.45) is 1.11. The Balaban J connectivity index is 1.66. The van der Waals surface area contributed by atoms with Crippen molar-refractivity contribution in [3.63, 3.8) is 0 Å². The number of nitrogens with one attached hydrogen (secondary N) is 1. The third kappa shape index (κ3) is 3.69. The lowest BCUT2D eigenvalue weighted by atomic mass is 10.0. The molecule has 0 bridgehead atoms. The van der Waals surface area contributed by atoms with Gasteiger partial charge in [0.15, 0.2) is 0 Å². The molecule has 1 amide bonds. The summed E-state index contributed by atoms with van der Waals surface area (Å²) < 4.78 is 5.11. The van der Waals surface area contributed by atoms with Gasteiger partial charge in [0.05, 0.1) is 12.1 Å². The molecule has 3 aromatic rings. The van der Waals surface area contributed by atoms with Gasteiger partial charge in [-0.1, -0.05) is 54.1 Å². The first-order valence-corrected chi connectivity index (χ1v) is 8.15. The van der Waals surface area contributed by atoms with Gasteiger partial charge in [-0.05, 0) is 41.0 Å². The second-order valence-corrected chi connectivity index (χ2v) is 5.94. The number of halogens is 1. The number of benzene rings is 3. The van der Waals surface area contributed by atoms with E-state index in [-0.39, 0.29) is 5.91 Å². The molecule has 4 heteroatoms. The van der Waals surface area contributed by atoms with Gasteiger partial charge in [0.2, 0.25) is 5.91 Å². The molecule has 1 N–H and O–H groups in total. The molecule has 24 heavy (non-hydrogen) atoms. The zero-order valence-corrected chi connectivity index (χ0v) is 14.1. The maximum absolute atomic E-state index is 12.2. The molecular formula is C20H18ClNO2. The summed E-state index contributed by atoms with van der Waals surface area (Å²) in [5.74, 6) is 0.551. The molecule has 122 valence electrons. The van der Waals surface area contributed by atoms with Crippen LogP contribution in [0.15, 0.2) is 60.7 Å². The number of hydrogen-bond donors (Lipinski definition) is 1. The van der Waals surface area contributed by atoms with Crippen LogP contribution in [0.2, 0.25) is 5.02 Å².